The number of epoxide rings is 1. The van der Waals surface area contributed by atoms with Gasteiger partial charge in [-0.05, 0) is 88.6 Å². The normalized spacial score (nSPS) is 24.7. The van der Waals surface area contributed by atoms with Crippen LogP contribution in [0.2, 0.25) is 5.02 Å². The fourth-order valence-corrected chi connectivity index (χ4v) is 12.2. The molecule has 0 aromatic heterocycles. The van der Waals surface area contributed by atoms with Crippen LogP contribution in [0.25, 0.3) is 0 Å². The van der Waals surface area contributed by atoms with Crippen molar-refractivity contribution in [2.75, 3.05) is 62.3 Å². The maximum Gasteiger partial charge on any atom is 0.409 e. The Bertz CT molecular complexity index is 2830. The highest BCUT2D eigenvalue weighted by atomic mass is 79.9. The minimum Gasteiger partial charge on any atom is -0.495 e. The summed E-state index contributed by atoms with van der Waals surface area (Å²) in [6.45, 7) is 10.7. The number of amides is 7. The molecule has 11 atom stereocenters. The van der Waals surface area contributed by atoms with Crippen LogP contribution in [0, 0.1) is 11.8 Å². The molecule has 3 aliphatic heterocycles. The highest BCUT2D eigenvalue weighted by Gasteiger charge is 2.64. The van der Waals surface area contributed by atoms with Gasteiger partial charge in [-0.1, -0.05) is 107 Å². The number of benzene rings is 2. The zero-order chi connectivity index (χ0) is 64.6. The highest BCUT2D eigenvalue weighted by Crippen LogP contribution is 2.49. The monoisotopic (exact) mass is 1370 g/mol. The lowest BCUT2D eigenvalue weighted by atomic mass is 9.83. The third-order valence-electron chi connectivity index (χ3n) is 16.0. The van der Waals surface area contributed by atoms with Gasteiger partial charge < -0.3 is 74.9 Å². The molecule has 0 saturated carbocycles. The summed E-state index contributed by atoms with van der Waals surface area (Å²) < 4.78 is 35.4. The molecule has 24 nitrogen and oxygen atoms in total. The van der Waals surface area contributed by atoms with Gasteiger partial charge in [-0.2, -0.15) is 0 Å². The van der Waals surface area contributed by atoms with E-state index in [1.807, 2.05) is 13.0 Å². The first-order valence-electron chi connectivity index (χ1n) is 28.9. The highest BCUT2D eigenvalue weighted by molar-refractivity contribution is 9.10. The number of ether oxygens (including phenoxy) is 6. The van der Waals surface area contributed by atoms with E-state index in [4.69, 9.17) is 45.8 Å². The predicted molar refractivity (Wildman–Crippen MR) is 333 cm³/mol. The van der Waals surface area contributed by atoms with Crippen LogP contribution in [0.5, 0.6) is 5.75 Å². The number of nitrogens with zero attached hydrogens (tertiary/aromatic N) is 2. The first-order valence-corrected chi connectivity index (χ1v) is 31.5. The number of rotatable bonds is 27. The molecule has 7 amide bonds. The number of urea groups is 1. The minimum absolute atomic E-state index is 0.0334. The lowest BCUT2D eigenvalue weighted by Gasteiger charge is -2.42. The van der Waals surface area contributed by atoms with Crippen LogP contribution in [0.3, 0.4) is 0 Å². The number of alkyl carbamates (subject to hydrolysis) is 1. The maximum absolute atomic E-state index is 14.6. The van der Waals surface area contributed by atoms with Crippen LogP contribution in [0.4, 0.5) is 21.0 Å². The number of halogens is 3. The molecule has 2 saturated heterocycles. The van der Waals surface area contributed by atoms with Crippen LogP contribution in [0.1, 0.15) is 109 Å². The second-order valence-electron chi connectivity index (χ2n) is 22.9. The van der Waals surface area contributed by atoms with Crippen LogP contribution in [0.15, 0.2) is 60.2 Å². The quantitative estimate of drug-likeness (QED) is 0.0128. The first kappa shape index (κ1) is 72.0. The van der Waals surface area contributed by atoms with Crippen molar-refractivity contribution >= 4 is 103 Å². The maximum atomic E-state index is 14.6. The first-order chi connectivity index (χ1) is 41.1. The van der Waals surface area contributed by atoms with Gasteiger partial charge in [-0.3, -0.25) is 29.8 Å². The second-order valence-corrected chi connectivity index (χ2v) is 24.4. The molecule has 482 valence electrons. The number of unbranched alkanes of at least 4 members (excludes halogenated alkanes) is 2. The van der Waals surface area contributed by atoms with Crippen LogP contribution >= 0.6 is 43.5 Å². The van der Waals surface area contributed by atoms with Gasteiger partial charge >= 0.3 is 18.1 Å². The Kier molecular flexibility index (Phi) is 27.1. The molecule has 4 bridgehead atoms. The molecule has 2 aromatic rings. The molecule has 3 heterocycles. The summed E-state index contributed by atoms with van der Waals surface area (Å²) in [5.41, 5.74) is 2.91. The second kappa shape index (κ2) is 32.7. The topological polar surface area (TPSA) is 328 Å². The van der Waals surface area contributed by atoms with Crippen LogP contribution in [-0.2, 0) is 54.1 Å². The number of nitrogens with two attached hydrogens (primary N) is 1. The van der Waals surface area contributed by atoms with Gasteiger partial charge in [0.25, 0.3) is 5.91 Å². The molecule has 2 fully saturated rings. The number of allylic oxidation sites excluding steroid dienone is 3. The number of primary amides is 1. The molecular formula is C60H85Br2ClN8O16. The van der Waals surface area contributed by atoms with E-state index in [9.17, 15) is 48.6 Å². The van der Waals surface area contributed by atoms with Gasteiger partial charge in [0.2, 0.25) is 17.7 Å². The molecule has 0 radical (unpaired) electrons. The number of likely N-dealkylation sites (N-methyl/N-ethyl adjacent to an activating group) is 1. The van der Waals surface area contributed by atoms with E-state index in [2.05, 4.69) is 58.4 Å². The smallest absolute Gasteiger partial charge is 0.409 e. The number of carbonyl (C=O) groups excluding carboxylic acids is 8. The number of nitrogens with one attached hydrogen (secondary N) is 5. The number of anilines is 2. The summed E-state index contributed by atoms with van der Waals surface area (Å²) in [5.74, 6) is -3.89. The molecular weight excluding hydrogens is 1280 g/mol. The van der Waals surface area contributed by atoms with E-state index >= 15 is 0 Å². The van der Waals surface area contributed by atoms with Gasteiger partial charge in [-0.15, -0.1) is 0 Å². The Morgan fingerprint density at radius 2 is 1.77 bits per heavy atom. The number of aldehydes is 1. The number of hydrogen-bond donors (Lipinski definition) is 8. The summed E-state index contributed by atoms with van der Waals surface area (Å²) in [6.07, 6.45) is 1.31. The van der Waals surface area contributed by atoms with Gasteiger partial charge in [0.15, 0.2) is 12.0 Å². The Labute approximate surface area is 530 Å². The summed E-state index contributed by atoms with van der Waals surface area (Å²) in [6, 6.07) is 5.43. The summed E-state index contributed by atoms with van der Waals surface area (Å²) in [4.78, 5) is 110. The molecule has 2 aromatic carbocycles. The van der Waals surface area contributed by atoms with E-state index in [-0.39, 0.29) is 60.3 Å². The van der Waals surface area contributed by atoms with Crippen molar-refractivity contribution in [1.82, 2.24) is 26.2 Å². The fourth-order valence-electron chi connectivity index (χ4n) is 10.4. The molecule has 87 heavy (non-hydrogen) atoms. The van der Waals surface area contributed by atoms with E-state index in [1.54, 1.807) is 64.1 Å². The van der Waals surface area contributed by atoms with Crippen molar-refractivity contribution in [3.63, 3.8) is 0 Å². The van der Waals surface area contributed by atoms with Gasteiger partial charge in [0.05, 0.1) is 48.7 Å². The van der Waals surface area contributed by atoms with Crippen LogP contribution < -0.4 is 42.0 Å². The lowest BCUT2D eigenvalue weighted by molar-refractivity contribution is -0.158. The minimum atomic E-state index is -1.93. The van der Waals surface area contributed by atoms with E-state index < -0.39 is 114 Å². The van der Waals surface area contributed by atoms with Crippen LogP contribution in [-0.4, -0.2) is 181 Å². The Hall–Kier alpha value is -5.71. The molecule has 9 N–H and O–H groups in total. The van der Waals surface area contributed by atoms with E-state index in [1.165, 1.54) is 52.3 Å². The Morgan fingerprint density at radius 1 is 1.07 bits per heavy atom. The molecule has 0 spiro atoms. The number of para-hydroxylation sites is 1. The zero-order valence-electron chi connectivity index (χ0n) is 51.0. The number of esters is 1. The Balaban J connectivity index is 1.36. The fraction of sp³-hybridized carbons (Fsp3) is 0.600. The average molecular weight is 1370 g/mol. The van der Waals surface area contributed by atoms with Gasteiger partial charge in [0.1, 0.15) is 52.6 Å². The Morgan fingerprint density at radius 3 is 2.41 bits per heavy atom. The number of aliphatic hydroxyl groups excluding tert-OH is 1. The average Bonchev–Trinajstić information content (AvgIpc) is 1.59. The number of hydrogen-bond acceptors (Lipinski definition) is 17. The van der Waals surface area contributed by atoms with Crippen molar-refractivity contribution in [2.45, 2.75) is 165 Å². The molecule has 3 aliphatic rings. The molecule has 27 heteroatoms. The SMILES string of the molecule is COc1cc2cc(c1Cl)N(C)C(=O)C[C@H](OC(=O)[C@H](C)N(C)C(=O)c1ccccc1NC(=O)[C@H](CCCNC(N)=O)NC(O)[C@@H](NC(=O)CCCCCOC(C=O)(CBr)CBr)C(C)C)[C@]1(C)O[C@H]1[C@H](C)[C@@H]1C[C@@](O)(NC(=O)O1)[C@H](OC)/C=C/C=C(\C)C2. The summed E-state index contributed by atoms with van der Waals surface area (Å²) in [5, 5.41) is 38.0. The van der Waals surface area contributed by atoms with E-state index in [0.29, 0.717) is 54.4 Å². The summed E-state index contributed by atoms with van der Waals surface area (Å²) >= 11 is 13.5. The third-order valence-corrected chi connectivity index (χ3v) is 18.3. The van der Waals surface area contributed by atoms with E-state index in [0.717, 1.165) is 22.3 Å². The number of aliphatic hydroxyl groups is 2. The number of alkyl halides is 2. The number of carbonyl (C=O) groups is 8. The molecule has 1 unspecified atom stereocenters. The molecule has 5 rings (SSSR count). The predicted octanol–water partition coefficient (Wildman–Crippen LogP) is 5.94. The lowest BCUT2D eigenvalue weighted by Crippen LogP contribution is -2.63. The number of methoxy groups -OCH3 is 2. The van der Waals surface area contributed by atoms with Gasteiger partial charge in [0, 0.05) is 63.8 Å². The van der Waals surface area contributed by atoms with Crippen molar-refractivity contribution < 1.29 is 77.0 Å². The van der Waals surface area contributed by atoms with Crippen molar-refractivity contribution in [2.24, 2.45) is 17.6 Å². The zero-order valence-corrected chi connectivity index (χ0v) is 54.9. The number of fused-ring (bicyclic) bond motifs is 5. The van der Waals surface area contributed by atoms with Crippen molar-refractivity contribution in [3.05, 3.63) is 76.3 Å². The summed E-state index contributed by atoms with van der Waals surface area (Å²) in [7, 11) is 5.74. The molecule has 0 aliphatic carbocycles. The van der Waals surface area contributed by atoms with Crippen molar-refractivity contribution in [1.29, 1.82) is 0 Å². The van der Waals surface area contributed by atoms with Gasteiger partial charge in [-0.25, -0.2) is 14.4 Å². The van der Waals surface area contributed by atoms with Crippen molar-refractivity contribution in [3.8, 4) is 5.75 Å². The standard InChI is InChI=1S/C60H85Br2ClN8O16/c1-34(2)50(68-47(73)23-12-11-15-25-84-59(31-61,32-62)33-72)53(76)67-41(21-17-24-65-56(64)79)52(75)66-40-20-14-13-19-39(40)54(77)70(7)37(5)55(78)86-46-29-48(74)71(8)42-27-38(28-43(82-9)49(42)63)26-35(3)18-16-22-45(83-10)60(81)30-44(85-57(80)69-60)36(4)51-58(46,6)87-51/h13-14,16,18-20,22,27-28,33-34,36-37,41,44-46,50-51,53,67,76,81H,11-12,15,17,21,23-26,29-32H2,1-10H3,(H,66,75)(H,68,73)(H,69,80)(H3,64,65,79)/b22-16+,35-18+/t36-,37+,41+,44+,45-,46+,50+,51+,53?,58+,60+/m1/s1. The largest absolute Gasteiger partial charge is 0.495 e. The third kappa shape index (κ3) is 19.2.